The third kappa shape index (κ3) is 1.44. The monoisotopic (exact) mass is 228 g/mol. The third-order valence-corrected chi connectivity index (χ3v) is 3.78. The molecule has 0 radical (unpaired) electrons. The van der Waals surface area contributed by atoms with Crippen molar-refractivity contribution in [2.75, 3.05) is 0 Å². The summed E-state index contributed by atoms with van der Waals surface area (Å²) in [5.41, 5.74) is 1.74. The number of hydrogen-bond acceptors (Lipinski definition) is 3. The molecule has 78 valence electrons. The highest BCUT2D eigenvalue weighted by atomic mass is 32.2. The largest absolute Gasteiger partial charge is 0.294 e. The number of fused-ring (bicyclic) bond motifs is 2. The number of Topliss-reactive ketones (excluding diaryl/α,β-unsaturated/α-hetero) is 1. The van der Waals surface area contributed by atoms with E-state index in [1.165, 1.54) is 11.8 Å². The van der Waals surface area contributed by atoms with Gasteiger partial charge in [-0.15, -0.1) is 0 Å². The normalized spacial score (nSPS) is 18.5. The molecule has 1 aromatic rings. The van der Waals surface area contributed by atoms with E-state index in [9.17, 15) is 9.59 Å². The predicted octanol–water partition coefficient (Wildman–Crippen LogP) is 2.60. The Labute approximate surface area is 97.0 Å². The number of rotatable bonds is 0. The minimum Gasteiger partial charge on any atom is -0.294 e. The minimum atomic E-state index is -0.0935. The molecule has 0 saturated heterocycles. The Bertz CT molecular complexity index is 567. The van der Waals surface area contributed by atoms with Crippen LogP contribution in [0.3, 0.4) is 0 Å². The molecule has 1 heterocycles. The highest BCUT2D eigenvalue weighted by Crippen LogP contribution is 2.42. The maximum atomic E-state index is 11.7. The Morgan fingerprint density at radius 3 is 2.75 bits per heavy atom. The van der Waals surface area contributed by atoms with Gasteiger partial charge in [0.2, 0.25) is 0 Å². The van der Waals surface area contributed by atoms with Crippen LogP contribution in [0.15, 0.2) is 45.7 Å². The Hall–Kier alpha value is -1.61. The van der Waals surface area contributed by atoms with Crippen molar-refractivity contribution in [2.45, 2.75) is 11.3 Å². The fourth-order valence-corrected chi connectivity index (χ4v) is 2.97. The molecule has 0 fully saturated rings. The van der Waals surface area contributed by atoms with Crippen LogP contribution in [0, 0.1) is 0 Å². The zero-order valence-electron chi connectivity index (χ0n) is 8.40. The first-order chi connectivity index (χ1) is 7.74. The standard InChI is InChI=1S/C13H8O2S/c14-9-6-11(15)10-5-8-3-1-2-4-12(8)16-13(10)7-9/h1-5,7H,6H2. The molecule has 0 spiro atoms. The summed E-state index contributed by atoms with van der Waals surface area (Å²) in [5.74, 6) is -0.159. The van der Waals surface area contributed by atoms with Crippen LogP contribution in [0.4, 0.5) is 0 Å². The SMILES string of the molecule is O=C1C=C2Sc3ccccc3C=C2C(=O)C1. The molecule has 16 heavy (non-hydrogen) atoms. The van der Waals surface area contributed by atoms with Crippen molar-refractivity contribution in [1.82, 2.24) is 0 Å². The molecule has 2 aliphatic rings. The van der Waals surface area contributed by atoms with Crippen LogP contribution < -0.4 is 0 Å². The van der Waals surface area contributed by atoms with Crippen molar-refractivity contribution in [2.24, 2.45) is 0 Å². The number of carbonyl (C=O) groups is 2. The fraction of sp³-hybridized carbons (Fsp3) is 0.0769. The van der Waals surface area contributed by atoms with E-state index in [0.29, 0.717) is 5.57 Å². The van der Waals surface area contributed by atoms with Crippen molar-refractivity contribution < 1.29 is 9.59 Å². The van der Waals surface area contributed by atoms with Gasteiger partial charge in [0.15, 0.2) is 11.6 Å². The molecule has 0 saturated carbocycles. The summed E-state index contributed by atoms with van der Waals surface area (Å²) in [6.07, 6.45) is 3.47. The first-order valence-electron chi connectivity index (χ1n) is 5.01. The van der Waals surface area contributed by atoms with E-state index in [0.717, 1.165) is 15.4 Å². The van der Waals surface area contributed by atoms with E-state index in [4.69, 9.17) is 0 Å². The Kier molecular flexibility index (Phi) is 2.07. The van der Waals surface area contributed by atoms with Crippen LogP contribution in [0.1, 0.15) is 12.0 Å². The molecule has 3 heteroatoms. The Morgan fingerprint density at radius 1 is 1.06 bits per heavy atom. The first-order valence-corrected chi connectivity index (χ1v) is 5.82. The quantitative estimate of drug-likeness (QED) is 0.640. The Morgan fingerprint density at radius 2 is 1.88 bits per heavy atom. The fourth-order valence-electron chi connectivity index (χ4n) is 1.87. The average molecular weight is 228 g/mol. The summed E-state index contributed by atoms with van der Waals surface area (Å²) >= 11 is 1.50. The smallest absolute Gasteiger partial charge is 0.171 e. The van der Waals surface area contributed by atoms with Gasteiger partial charge in [-0.05, 0) is 23.8 Å². The zero-order valence-corrected chi connectivity index (χ0v) is 9.21. The van der Waals surface area contributed by atoms with Gasteiger partial charge in [-0.2, -0.15) is 0 Å². The Balaban J connectivity index is 2.19. The van der Waals surface area contributed by atoms with E-state index in [1.807, 2.05) is 30.3 Å². The lowest BCUT2D eigenvalue weighted by atomic mass is 9.97. The van der Waals surface area contributed by atoms with Gasteiger partial charge < -0.3 is 0 Å². The molecule has 0 amide bonds. The van der Waals surface area contributed by atoms with Gasteiger partial charge in [-0.25, -0.2) is 0 Å². The molecule has 0 unspecified atom stereocenters. The number of hydrogen-bond donors (Lipinski definition) is 0. The van der Waals surface area contributed by atoms with Gasteiger partial charge in [0.25, 0.3) is 0 Å². The van der Waals surface area contributed by atoms with Crippen molar-refractivity contribution in [1.29, 1.82) is 0 Å². The summed E-state index contributed by atoms with van der Waals surface area (Å²) in [6.45, 7) is 0. The molecule has 2 nitrogen and oxygen atoms in total. The second kappa shape index (κ2) is 3.46. The number of carbonyl (C=O) groups excluding carboxylic acids is 2. The van der Waals surface area contributed by atoms with Crippen LogP contribution in [0.25, 0.3) is 6.08 Å². The summed E-state index contributed by atoms with van der Waals surface area (Å²) < 4.78 is 0. The molecule has 0 atom stereocenters. The van der Waals surface area contributed by atoms with Gasteiger partial charge in [0.05, 0.1) is 6.42 Å². The van der Waals surface area contributed by atoms with Crippen LogP contribution in [0.2, 0.25) is 0 Å². The summed E-state index contributed by atoms with van der Waals surface area (Å²) in [5, 5.41) is 0. The number of allylic oxidation sites excluding steroid dienone is 2. The number of thioether (sulfide) groups is 1. The number of ketones is 2. The first kappa shape index (κ1) is 9.60. The van der Waals surface area contributed by atoms with Gasteiger partial charge in [0.1, 0.15) is 0 Å². The van der Waals surface area contributed by atoms with E-state index in [-0.39, 0.29) is 18.0 Å². The molecule has 0 bridgehead atoms. The molecule has 0 N–H and O–H groups in total. The van der Waals surface area contributed by atoms with Crippen molar-refractivity contribution in [3.05, 3.63) is 46.4 Å². The van der Waals surface area contributed by atoms with E-state index in [2.05, 4.69) is 0 Å². The number of benzene rings is 1. The van der Waals surface area contributed by atoms with Crippen molar-refractivity contribution in [3.8, 4) is 0 Å². The lowest BCUT2D eigenvalue weighted by Crippen LogP contribution is -2.16. The van der Waals surface area contributed by atoms with Crippen LogP contribution >= 0.6 is 11.8 Å². The molecule has 0 aromatic heterocycles. The van der Waals surface area contributed by atoms with E-state index < -0.39 is 0 Å². The van der Waals surface area contributed by atoms with Gasteiger partial charge in [-0.3, -0.25) is 9.59 Å². The maximum absolute atomic E-state index is 11.7. The van der Waals surface area contributed by atoms with Crippen LogP contribution in [-0.2, 0) is 9.59 Å². The zero-order chi connectivity index (χ0) is 11.1. The molecule has 1 aliphatic heterocycles. The summed E-state index contributed by atoms with van der Waals surface area (Å²) in [6, 6.07) is 7.88. The molecule has 1 aliphatic carbocycles. The molecular formula is C13H8O2S. The predicted molar refractivity (Wildman–Crippen MR) is 63.0 cm³/mol. The minimum absolute atomic E-state index is 0.0120. The summed E-state index contributed by atoms with van der Waals surface area (Å²) in [7, 11) is 0. The molecule has 3 rings (SSSR count). The molecular weight excluding hydrogens is 220 g/mol. The lowest BCUT2D eigenvalue weighted by molar-refractivity contribution is -0.122. The van der Waals surface area contributed by atoms with E-state index >= 15 is 0 Å². The van der Waals surface area contributed by atoms with Gasteiger partial charge in [0, 0.05) is 15.4 Å². The average Bonchev–Trinajstić information content (AvgIpc) is 2.27. The lowest BCUT2D eigenvalue weighted by Gasteiger charge is -2.20. The second-order valence-corrected chi connectivity index (χ2v) is 4.86. The topological polar surface area (TPSA) is 34.1 Å². The van der Waals surface area contributed by atoms with Crippen LogP contribution in [-0.4, -0.2) is 11.6 Å². The van der Waals surface area contributed by atoms with Gasteiger partial charge >= 0.3 is 0 Å². The summed E-state index contributed by atoms with van der Waals surface area (Å²) in [4.78, 5) is 24.9. The maximum Gasteiger partial charge on any atom is 0.171 e. The van der Waals surface area contributed by atoms with Crippen LogP contribution in [0.5, 0.6) is 0 Å². The van der Waals surface area contributed by atoms with Gasteiger partial charge in [-0.1, -0.05) is 30.0 Å². The van der Waals surface area contributed by atoms with E-state index in [1.54, 1.807) is 6.08 Å². The molecule has 1 aromatic carbocycles. The highest BCUT2D eigenvalue weighted by Gasteiger charge is 2.27. The second-order valence-electron chi connectivity index (χ2n) is 3.77. The van der Waals surface area contributed by atoms with Crippen molar-refractivity contribution >= 4 is 29.4 Å². The van der Waals surface area contributed by atoms with Crippen molar-refractivity contribution in [3.63, 3.8) is 0 Å². The third-order valence-electron chi connectivity index (χ3n) is 2.63. The highest BCUT2D eigenvalue weighted by molar-refractivity contribution is 8.03.